The Hall–Kier alpha value is -2.28. The van der Waals surface area contributed by atoms with Crippen molar-refractivity contribution in [3.8, 4) is 5.75 Å². The van der Waals surface area contributed by atoms with E-state index >= 15 is 0 Å². The van der Waals surface area contributed by atoms with Crippen molar-refractivity contribution in [1.82, 2.24) is 9.97 Å². The third kappa shape index (κ3) is 5.13. The van der Waals surface area contributed by atoms with E-state index in [-0.39, 0.29) is 11.5 Å². The second kappa shape index (κ2) is 8.54. The van der Waals surface area contributed by atoms with Crippen molar-refractivity contribution >= 4 is 23.4 Å². The number of aromatic nitrogens is 2. The molecule has 0 fully saturated rings. The highest BCUT2D eigenvalue weighted by Gasteiger charge is 2.16. The lowest BCUT2D eigenvalue weighted by molar-refractivity contribution is -0.115. The van der Waals surface area contributed by atoms with Crippen molar-refractivity contribution in [3.63, 3.8) is 0 Å². The van der Waals surface area contributed by atoms with Gasteiger partial charge in [-0.25, -0.2) is 4.98 Å². The molecule has 0 saturated carbocycles. The van der Waals surface area contributed by atoms with Crippen LogP contribution in [0.3, 0.4) is 0 Å². The van der Waals surface area contributed by atoms with Gasteiger partial charge in [0.25, 0.3) is 5.56 Å². The van der Waals surface area contributed by atoms with Crippen molar-refractivity contribution in [2.24, 2.45) is 0 Å². The number of anilines is 1. The van der Waals surface area contributed by atoms with Crippen LogP contribution in [-0.2, 0) is 11.2 Å². The highest BCUT2D eigenvalue weighted by molar-refractivity contribution is 8.00. The molecule has 1 aromatic heterocycles. The van der Waals surface area contributed by atoms with Crippen molar-refractivity contribution in [2.75, 3.05) is 11.9 Å². The molecule has 1 aromatic carbocycles. The lowest BCUT2D eigenvalue weighted by Gasteiger charge is -2.12. The zero-order chi connectivity index (χ0) is 17.5. The summed E-state index contributed by atoms with van der Waals surface area (Å²) in [5.74, 6) is 0.602. The summed E-state index contributed by atoms with van der Waals surface area (Å²) in [6, 6.07) is 8.66. The lowest BCUT2D eigenvalue weighted by Crippen LogP contribution is -2.23. The van der Waals surface area contributed by atoms with Gasteiger partial charge in [0.1, 0.15) is 5.75 Å². The number of benzene rings is 1. The fraction of sp³-hybridized carbons (Fsp3) is 0.353. The normalized spacial score (nSPS) is 11.8. The summed E-state index contributed by atoms with van der Waals surface area (Å²) in [6.45, 7) is 6.22. The highest BCUT2D eigenvalue weighted by Crippen LogP contribution is 2.21. The van der Waals surface area contributed by atoms with Crippen LogP contribution in [-0.4, -0.2) is 27.7 Å². The van der Waals surface area contributed by atoms with E-state index in [2.05, 4.69) is 15.3 Å². The average molecular weight is 347 g/mol. The first-order chi connectivity index (χ1) is 11.5. The highest BCUT2D eigenvalue weighted by atomic mass is 32.2. The van der Waals surface area contributed by atoms with E-state index in [0.29, 0.717) is 29.6 Å². The monoisotopic (exact) mass is 347 g/mol. The Bertz CT molecular complexity index is 743. The molecule has 1 heterocycles. The zero-order valence-corrected chi connectivity index (χ0v) is 14.8. The fourth-order valence-electron chi connectivity index (χ4n) is 1.99. The number of hydrogen-bond acceptors (Lipinski definition) is 5. The van der Waals surface area contributed by atoms with Crippen LogP contribution in [0.2, 0.25) is 0 Å². The molecular weight excluding hydrogens is 326 g/mol. The molecule has 2 rings (SSSR count). The van der Waals surface area contributed by atoms with Crippen LogP contribution in [0.25, 0.3) is 0 Å². The Morgan fingerprint density at radius 3 is 2.67 bits per heavy atom. The Labute approximate surface area is 145 Å². The number of nitrogens with zero attached hydrogens (tertiary/aromatic N) is 1. The third-order valence-corrected chi connectivity index (χ3v) is 4.21. The van der Waals surface area contributed by atoms with Gasteiger partial charge in [-0.15, -0.1) is 0 Å². The van der Waals surface area contributed by atoms with Gasteiger partial charge in [-0.1, -0.05) is 18.7 Å². The number of aromatic amines is 1. The van der Waals surface area contributed by atoms with E-state index in [4.69, 9.17) is 4.74 Å². The van der Waals surface area contributed by atoms with E-state index in [1.165, 1.54) is 17.8 Å². The molecule has 0 radical (unpaired) electrons. The van der Waals surface area contributed by atoms with Gasteiger partial charge < -0.3 is 15.0 Å². The summed E-state index contributed by atoms with van der Waals surface area (Å²) < 4.78 is 5.37. The predicted octanol–water partition coefficient (Wildman–Crippen LogP) is 2.85. The Kier molecular flexibility index (Phi) is 6.43. The second-order valence-electron chi connectivity index (χ2n) is 5.10. The van der Waals surface area contributed by atoms with Crippen LogP contribution in [0.15, 0.2) is 40.3 Å². The first kappa shape index (κ1) is 18.1. The van der Waals surface area contributed by atoms with Gasteiger partial charge in [-0.05, 0) is 44.5 Å². The van der Waals surface area contributed by atoms with Crippen LogP contribution in [0.1, 0.15) is 26.5 Å². The maximum Gasteiger partial charge on any atom is 0.251 e. The van der Waals surface area contributed by atoms with E-state index in [1.54, 1.807) is 31.2 Å². The molecule has 1 unspecified atom stereocenters. The van der Waals surface area contributed by atoms with Gasteiger partial charge in [0, 0.05) is 17.4 Å². The molecule has 0 spiro atoms. The third-order valence-electron chi connectivity index (χ3n) is 3.23. The number of amides is 1. The molecule has 128 valence electrons. The van der Waals surface area contributed by atoms with Gasteiger partial charge >= 0.3 is 0 Å². The van der Waals surface area contributed by atoms with Crippen LogP contribution in [0.5, 0.6) is 5.75 Å². The topological polar surface area (TPSA) is 84.1 Å². The van der Waals surface area contributed by atoms with E-state index in [9.17, 15) is 9.59 Å². The molecule has 6 nitrogen and oxygen atoms in total. The largest absolute Gasteiger partial charge is 0.494 e. The number of H-pyrrole nitrogens is 1. The van der Waals surface area contributed by atoms with Crippen molar-refractivity contribution in [1.29, 1.82) is 0 Å². The zero-order valence-electron chi connectivity index (χ0n) is 14.0. The first-order valence-electron chi connectivity index (χ1n) is 7.82. The quantitative estimate of drug-likeness (QED) is 0.594. The molecule has 2 aromatic rings. The SMILES string of the molecule is CCOc1ccc(NC(=O)C(C)Sc2nc(CC)cc(=O)[nH]2)cc1. The number of carbonyl (C=O) groups excluding carboxylic acids is 1. The second-order valence-corrected chi connectivity index (χ2v) is 6.43. The average Bonchev–Trinajstić information content (AvgIpc) is 2.56. The van der Waals surface area contributed by atoms with Crippen LogP contribution in [0, 0.1) is 0 Å². The number of hydrogen-bond donors (Lipinski definition) is 2. The molecule has 0 aliphatic rings. The van der Waals surface area contributed by atoms with Crippen molar-refractivity contribution in [3.05, 3.63) is 46.4 Å². The summed E-state index contributed by atoms with van der Waals surface area (Å²) in [7, 11) is 0. The van der Waals surface area contributed by atoms with E-state index in [0.717, 1.165) is 5.75 Å². The maximum absolute atomic E-state index is 12.3. The molecule has 0 bridgehead atoms. The minimum Gasteiger partial charge on any atom is -0.494 e. The van der Waals surface area contributed by atoms with E-state index < -0.39 is 5.25 Å². The molecule has 1 atom stereocenters. The number of aryl methyl sites for hydroxylation is 1. The minimum atomic E-state index is -0.396. The molecule has 24 heavy (non-hydrogen) atoms. The first-order valence-corrected chi connectivity index (χ1v) is 8.70. The predicted molar refractivity (Wildman–Crippen MR) is 95.8 cm³/mol. The molecule has 0 aliphatic heterocycles. The summed E-state index contributed by atoms with van der Waals surface area (Å²) in [6.07, 6.45) is 0.671. The fourth-order valence-corrected chi connectivity index (χ4v) is 2.82. The van der Waals surface area contributed by atoms with Crippen molar-refractivity contribution in [2.45, 2.75) is 37.6 Å². The minimum absolute atomic E-state index is 0.159. The van der Waals surface area contributed by atoms with Gasteiger partial charge in [-0.3, -0.25) is 9.59 Å². The molecule has 1 amide bonds. The maximum atomic E-state index is 12.3. The number of carbonyl (C=O) groups is 1. The van der Waals surface area contributed by atoms with Gasteiger partial charge in [-0.2, -0.15) is 0 Å². The van der Waals surface area contributed by atoms with Crippen LogP contribution >= 0.6 is 11.8 Å². The van der Waals surface area contributed by atoms with Gasteiger partial charge in [0.15, 0.2) is 5.16 Å². The number of rotatable bonds is 7. The molecule has 7 heteroatoms. The molecule has 2 N–H and O–H groups in total. The molecule has 0 saturated heterocycles. The van der Waals surface area contributed by atoms with Crippen LogP contribution in [0.4, 0.5) is 5.69 Å². The van der Waals surface area contributed by atoms with Gasteiger partial charge in [0.2, 0.25) is 5.91 Å². The number of thioether (sulfide) groups is 1. The standard InChI is InChI=1S/C17H21N3O3S/c1-4-12-10-15(21)20-17(19-12)24-11(3)16(22)18-13-6-8-14(9-7-13)23-5-2/h6-11H,4-5H2,1-3H3,(H,18,22)(H,19,20,21). The summed E-state index contributed by atoms with van der Waals surface area (Å²) in [4.78, 5) is 30.8. The molecular formula is C17H21N3O3S. The number of ether oxygens (including phenoxy) is 1. The smallest absolute Gasteiger partial charge is 0.251 e. The van der Waals surface area contributed by atoms with E-state index in [1.807, 2.05) is 13.8 Å². The Morgan fingerprint density at radius 2 is 2.04 bits per heavy atom. The van der Waals surface area contributed by atoms with Crippen LogP contribution < -0.4 is 15.6 Å². The Morgan fingerprint density at radius 1 is 1.33 bits per heavy atom. The summed E-state index contributed by atoms with van der Waals surface area (Å²) >= 11 is 1.22. The van der Waals surface area contributed by atoms with Crippen molar-refractivity contribution < 1.29 is 9.53 Å². The molecule has 0 aliphatic carbocycles. The summed E-state index contributed by atoms with van der Waals surface area (Å²) in [5.41, 5.74) is 1.20. The Balaban J connectivity index is 1.99. The number of nitrogens with one attached hydrogen (secondary N) is 2. The van der Waals surface area contributed by atoms with Gasteiger partial charge in [0.05, 0.1) is 11.9 Å². The summed E-state index contributed by atoms with van der Waals surface area (Å²) in [5, 5.41) is 2.90. The lowest BCUT2D eigenvalue weighted by atomic mass is 10.3.